The van der Waals surface area contributed by atoms with Crippen molar-refractivity contribution in [3.8, 4) is 0 Å². The van der Waals surface area contributed by atoms with Gasteiger partial charge >= 0.3 is 0 Å². The molecule has 1 atom stereocenters. The van der Waals surface area contributed by atoms with Gasteiger partial charge in [0.25, 0.3) is 0 Å². The molecule has 86 valence electrons. The zero-order valence-electron chi connectivity index (χ0n) is 9.02. The first-order valence-electron chi connectivity index (χ1n) is 5.81. The highest BCUT2D eigenvalue weighted by atomic mass is 16.5. The van der Waals surface area contributed by atoms with E-state index < -0.39 is 0 Å². The fraction of sp³-hybridized carbons (Fsp3) is 0.909. The molecule has 1 aliphatic heterocycles. The summed E-state index contributed by atoms with van der Waals surface area (Å²) in [7, 11) is 0. The second-order valence-corrected chi connectivity index (χ2v) is 4.34. The van der Waals surface area contributed by atoms with Crippen LogP contribution in [-0.2, 0) is 9.47 Å². The molecule has 1 N–H and O–H groups in total. The molecule has 15 heavy (non-hydrogen) atoms. The minimum atomic E-state index is 0.288. The molecule has 0 amide bonds. The molecule has 0 radical (unpaired) electrons. The predicted octanol–water partition coefficient (Wildman–Crippen LogP) is 1.95. The van der Waals surface area contributed by atoms with Gasteiger partial charge in [0.1, 0.15) is 0 Å². The number of ether oxygens (including phenoxy) is 2. The van der Waals surface area contributed by atoms with Crippen LogP contribution in [0, 0.1) is 0 Å². The summed E-state index contributed by atoms with van der Waals surface area (Å²) < 4.78 is 11.3. The Morgan fingerprint density at radius 1 is 1.20 bits per heavy atom. The third kappa shape index (κ3) is 3.18. The van der Waals surface area contributed by atoms with Crippen LogP contribution in [0.5, 0.6) is 0 Å². The van der Waals surface area contributed by atoms with E-state index in [0.29, 0.717) is 6.10 Å². The lowest BCUT2D eigenvalue weighted by atomic mass is 9.95. The summed E-state index contributed by atoms with van der Waals surface area (Å²) >= 11 is 0. The number of nitrogens with zero attached hydrogens (tertiary/aromatic N) is 1. The van der Waals surface area contributed by atoms with E-state index in [0.717, 1.165) is 57.5 Å². The van der Waals surface area contributed by atoms with Crippen LogP contribution in [0.4, 0.5) is 0 Å². The molecule has 2 aliphatic rings. The summed E-state index contributed by atoms with van der Waals surface area (Å²) in [5.74, 6) is 0. The molecule has 4 heteroatoms. The molecule has 4 nitrogen and oxygen atoms in total. The maximum Gasteiger partial charge on any atom is 0.0813 e. The van der Waals surface area contributed by atoms with E-state index in [1.165, 1.54) is 0 Å². The van der Waals surface area contributed by atoms with Gasteiger partial charge in [-0.3, -0.25) is 0 Å². The van der Waals surface area contributed by atoms with Gasteiger partial charge in [-0.05, 0) is 38.5 Å². The van der Waals surface area contributed by atoms with Crippen molar-refractivity contribution in [2.24, 2.45) is 5.16 Å². The van der Waals surface area contributed by atoms with Crippen molar-refractivity contribution in [2.75, 3.05) is 13.2 Å². The van der Waals surface area contributed by atoms with Gasteiger partial charge in [0.05, 0.1) is 24.5 Å². The Morgan fingerprint density at radius 3 is 2.60 bits per heavy atom. The quantitative estimate of drug-likeness (QED) is 0.563. The SMILES string of the molecule is ON=C1CCC(OC2CCCOC2)CC1. The Bertz CT molecular complexity index is 214. The topological polar surface area (TPSA) is 51.1 Å². The summed E-state index contributed by atoms with van der Waals surface area (Å²) in [6.45, 7) is 1.63. The van der Waals surface area contributed by atoms with Crippen LogP contribution in [-0.4, -0.2) is 36.3 Å². The molecule has 0 aromatic carbocycles. The fourth-order valence-electron chi connectivity index (χ4n) is 2.25. The average Bonchev–Trinajstić information content (AvgIpc) is 2.31. The lowest BCUT2D eigenvalue weighted by Gasteiger charge is -2.29. The predicted molar refractivity (Wildman–Crippen MR) is 56.4 cm³/mol. The molecule has 1 aliphatic carbocycles. The first kappa shape index (κ1) is 10.9. The lowest BCUT2D eigenvalue weighted by Crippen LogP contribution is -2.32. The Kier molecular flexibility index (Phi) is 3.97. The molecular formula is C11H19NO3. The maximum atomic E-state index is 8.63. The Morgan fingerprint density at radius 2 is 2.00 bits per heavy atom. The normalized spacial score (nSPS) is 32.7. The number of hydrogen-bond acceptors (Lipinski definition) is 4. The molecule has 1 saturated carbocycles. The van der Waals surface area contributed by atoms with E-state index in [-0.39, 0.29) is 6.10 Å². The van der Waals surface area contributed by atoms with Gasteiger partial charge in [-0.2, -0.15) is 0 Å². The highest BCUT2D eigenvalue weighted by Gasteiger charge is 2.23. The minimum Gasteiger partial charge on any atom is -0.411 e. The summed E-state index contributed by atoms with van der Waals surface area (Å²) in [5, 5.41) is 11.9. The first-order valence-corrected chi connectivity index (χ1v) is 5.81. The molecule has 0 spiro atoms. The Labute approximate surface area is 90.2 Å². The standard InChI is InChI=1S/C11H19NO3/c13-12-9-3-5-10(6-4-9)15-11-2-1-7-14-8-11/h10-11,13H,1-8H2. The van der Waals surface area contributed by atoms with Crippen LogP contribution in [0.1, 0.15) is 38.5 Å². The molecule has 2 rings (SSSR count). The molecule has 2 fully saturated rings. The van der Waals surface area contributed by atoms with Crippen molar-refractivity contribution in [1.29, 1.82) is 0 Å². The second kappa shape index (κ2) is 5.47. The van der Waals surface area contributed by atoms with Crippen LogP contribution in [0.3, 0.4) is 0 Å². The highest BCUT2D eigenvalue weighted by Crippen LogP contribution is 2.22. The van der Waals surface area contributed by atoms with Crippen molar-refractivity contribution in [3.63, 3.8) is 0 Å². The van der Waals surface area contributed by atoms with Crippen LogP contribution in [0.25, 0.3) is 0 Å². The van der Waals surface area contributed by atoms with E-state index >= 15 is 0 Å². The number of rotatable bonds is 2. The molecule has 0 aromatic heterocycles. The molecule has 1 unspecified atom stereocenters. The minimum absolute atomic E-state index is 0.288. The van der Waals surface area contributed by atoms with Crippen LogP contribution in [0.2, 0.25) is 0 Å². The van der Waals surface area contributed by atoms with Crippen LogP contribution < -0.4 is 0 Å². The monoisotopic (exact) mass is 213 g/mol. The molecule has 0 aromatic rings. The second-order valence-electron chi connectivity index (χ2n) is 4.34. The fourth-order valence-corrected chi connectivity index (χ4v) is 2.25. The first-order chi connectivity index (χ1) is 7.38. The number of oxime groups is 1. The van der Waals surface area contributed by atoms with E-state index in [2.05, 4.69) is 5.16 Å². The largest absolute Gasteiger partial charge is 0.411 e. The van der Waals surface area contributed by atoms with Gasteiger partial charge in [-0.1, -0.05) is 5.16 Å². The maximum absolute atomic E-state index is 8.63. The summed E-state index contributed by atoms with van der Waals surface area (Å²) in [5.41, 5.74) is 0.912. The summed E-state index contributed by atoms with van der Waals surface area (Å²) in [6, 6.07) is 0. The van der Waals surface area contributed by atoms with Gasteiger partial charge in [0.15, 0.2) is 0 Å². The Balaban J connectivity index is 1.71. The van der Waals surface area contributed by atoms with Gasteiger partial charge < -0.3 is 14.7 Å². The van der Waals surface area contributed by atoms with Gasteiger partial charge in [0, 0.05) is 6.61 Å². The van der Waals surface area contributed by atoms with E-state index in [9.17, 15) is 0 Å². The smallest absolute Gasteiger partial charge is 0.0813 e. The number of hydrogen-bond donors (Lipinski definition) is 1. The van der Waals surface area contributed by atoms with Crippen molar-refractivity contribution in [1.82, 2.24) is 0 Å². The van der Waals surface area contributed by atoms with Crippen molar-refractivity contribution >= 4 is 5.71 Å². The summed E-state index contributed by atoms with van der Waals surface area (Å²) in [4.78, 5) is 0. The van der Waals surface area contributed by atoms with E-state index in [1.54, 1.807) is 0 Å². The van der Waals surface area contributed by atoms with Crippen molar-refractivity contribution < 1.29 is 14.7 Å². The van der Waals surface area contributed by atoms with Crippen LogP contribution in [0.15, 0.2) is 5.16 Å². The van der Waals surface area contributed by atoms with E-state index in [4.69, 9.17) is 14.7 Å². The van der Waals surface area contributed by atoms with Gasteiger partial charge in [-0.15, -0.1) is 0 Å². The van der Waals surface area contributed by atoms with Crippen LogP contribution >= 0.6 is 0 Å². The Hall–Kier alpha value is -0.610. The zero-order chi connectivity index (χ0) is 10.5. The van der Waals surface area contributed by atoms with Crippen molar-refractivity contribution in [3.05, 3.63) is 0 Å². The lowest BCUT2D eigenvalue weighted by molar-refractivity contribution is -0.0883. The third-order valence-electron chi connectivity index (χ3n) is 3.15. The molecular weight excluding hydrogens is 194 g/mol. The molecule has 1 saturated heterocycles. The average molecular weight is 213 g/mol. The molecule has 1 heterocycles. The van der Waals surface area contributed by atoms with Gasteiger partial charge in [0.2, 0.25) is 0 Å². The zero-order valence-corrected chi connectivity index (χ0v) is 9.02. The third-order valence-corrected chi connectivity index (χ3v) is 3.15. The summed E-state index contributed by atoms with van der Waals surface area (Å²) in [6.07, 6.45) is 6.56. The van der Waals surface area contributed by atoms with E-state index in [1.807, 2.05) is 0 Å². The van der Waals surface area contributed by atoms with Gasteiger partial charge in [-0.25, -0.2) is 0 Å². The highest BCUT2D eigenvalue weighted by molar-refractivity contribution is 5.84. The molecule has 0 bridgehead atoms. The van der Waals surface area contributed by atoms with Crippen molar-refractivity contribution in [2.45, 2.75) is 50.7 Å².